The van der Waals surface area contributed by atoms with Crippen LogP contribution in [0.2, 0.25) is 0 Å². The number of aromatic nitrogens is 1. The molecule has 0 atom stereocenters. The first-order valence-corrected chi connectivity index (χ1v) is 4.00. The summed E-state index contributed by atoms with van der Waals surface area (Å²) in [6.07, 6.45) is 2.23. The van der Waals surface area contributed by atoms with Crippen LogP contribution in [0.25, 0.3) is 0 Å². The third-order valence-electron chi connectivity index (χ3n) is 1.82. The number of oxazole rings is 1. The number of aryl methyl sites for hydroxylation is 1. The number of nitrogens with two attached hydrogens (primary N) is 1. The molecule has 0 amide bonds. The van der Waals surface area contributed by atoms with Gasteiger partial charge in [0.05, 0.1) is 18.4 Å². The summed E-state index contributed by atoms with van der Waals surface area (Å²) < 4.78 is 10.4. The zero-order valence-electron chi connectivity index (χ0n) is 7.28. The molecular formula is C9H10N2O2. The lowest BCUT2D eigenvalue weighted by Crippen LogP contribution is -1.85. The van der Waals surface area contributed by atoms with Gasteiger partial charge in [0, 0.05) is 0 Å². The second kappa shape index (κ2) is 2.97. The normalized spacial score (nSPS) is 10.5. The Kier molecular flexibility index (Phi) is 1.81. The standard InChI is InChI=1S/C9H10N2O2/c1-6-8(13-9(10)11-6)5-7-3-2-4-12-7/h2-4H,5H2,1H3,(H2,10,11). The summed E-state index contributed by atoms with van der Waals surface area (Å²) >= 11 is 0. The zero-order valence-corrected chi connectivity index (χ0v) is 7.28. The zero-order chi connectivity index (χ0) is 9.26. The topological polar surface area (TPSA) is 65.2 Å². The van der Waals surface area contributed by atoms with E-state index >= 15 is 0 Å². The van der Waals surface area contributed by atoms with Gasteiger partial charge in [-0.15, -0.1) is 0 Å². The van der Waals surface area contributed by atoms with Crippen LogP contribution >= 0.6 is 0 Å². The van der Waals surface area contributed by atoms with Crippen LogP contribution < -0.4 is 5.73 Å². The Bertz CT molecular complexity index is 390. The van der Waals surface area contributed by atoms with E-state index in [1.54, 1.807) is 6.26 Å². The van der Waals surface area contributed by atoms with E-state index in [-0.39, 0.29) is 6.01 Å². The molecule has 0 aromatic carbocycles. The van der Waals surface area contributed by atoms with Crippen LogP contribution in [-0.2, 0) is 6.42 Å². The first kappa shape index (κ1) is 7.91. The molecule has 0 aliphatic rings. The van der Waals surface area contributed by atoms with Crippen molar-refractivity contribution in [2.75, 3.05) is 5.73 Å². The van der Waals surface area contributed by atoms with E-state index in [0.29, 0.717) is 6.42 Å². The van der Waals surface area contributed by atoms with Crippen molar-refractivity contribution in [3.05, 3.63) is 35.6 Å². The molecule has 0 saturated carbocycles. The third kappa shape index (κ3) is 1.56. The van der Waals surface area contributed by atoms with Crippen molar-refractivity contribution in [1.82, 2.24) is 4.98 Å². The minimum absolute atomic E-state index is 0.207. The van der Waals surface area contributed by atoms with Crippen LogP contribution in [-0.4, -0.2) is 4.98 Å². The highest BCUT2D eigenvalue weighted by molar-refractivity contribution is 5.22. The Balaban J connectivity index is 2.23. The maximum Gasteiger partial charge on any atom is 0.292 e. The number of hydrogen-bond acceptors (Lipinski definition) is 4. The van der Waals surface area contributed by atoms with Crippen molar-refractivity contribution in [2.24, 2.45) is 0 Å². The molecule has 0 spiro atoms. The predicted octanol–water partition coefficient (Wildman–Crippen LogP) is 1.75. The van der Waals surface area contributed by atoms with Crippen molar-refractivity contribution >= 4 is 6.01 Å². The Morgan fingerprint density at radius 2 is 2.38 bits per heavy atom. The number of rotatable bonds is 2. The monoisotopic (exact) mass is 178 g/mol. The van der Waals surface area contributed by atoms with Gasteiger partial charge in [0.1, 0.15) is 11.5 Å². The van der Waals surface area contributed by atoms with Crippen LogP contribution in [0, 0.1) is 6.92 Å². The fraction of sp³-hybridized carbons (Fsp3) is 0.222. The Morgan fingerprint density at radius 1 is 1.54 bits per heavy atom. The summed E-state index contributed by atoms with van der Waals surface area (Å²) in [4.78, 5) is 3.96. The number of hydrogen-bond donors (Lipinski definition) is 1. The number of anilines is 1. The van der Waals surface area contributed by atoms with Crippen LogP contribution in [0.1, 0.15) is 17.2 Å². The largest absolute Gasteiger partial charge is 0.469 e. The summed E-state index contributed by atoms with van der Waals surface area (Å²) in [6.45, 7) is 1.86. The highest BCUT2D eigenvalue weighted by atomic mass is 16.4. The van der Waals surface area contributed by atoms with Gasteiger partial charge in [-0.2, -0.15) is 4.98 Å². The van der Waals surface area contributed by atoms with Gasteiger partial charge in [-0.3, -0.25) is 0 Å². The first-order chi connectivity index (χ1) is 6.25. The SMILES string of the molecule is Cc1nc(N)oc1Cc1ccco1. The quantitative estimate of drug-likeness (QED) is 0.760. The van der Waals surface area contributed by atoms with Crippen molar-refractivity contribution in [3.63, 3.8) is 0 Å². The van der Waals surface area contributed by atoms with E-state index in [1.165, 1.54) is 0 Å². The van der Waals surface area contributed by atoms with E-state index in [1.807, 2.05) is 19.1 Å². The van der Waals surface area contributed by atoms with Crippen molar-refractivity contribution in [1.29, 1.82) is 0 Å². The lowest BCUT2D eigenvalue weighted by molar-refractivity contribution is 0.479. The summed E-state index contributed by atoms with van der Waals surface area (Å²) in [5.74, 6) is 1.60. The average molecular weight is 178 g/mol. The second-order valence-corrected chi connectivity index (χ2v) is 2.82. The molecule has 0 saturated heterocycles. The molecule has 2 N–H and O–H groups in total. The van der Waals surface area contributed by atoms with Crippen LogP contribution in [0.4, 0.5) is 6.01 Å². The van der Waals surface area contributed by atoms with Gasteiger partial charge in [0.25, 0.3) is 6.01 Å². The molecule has 4 heteroatoms. The summed E-state index contributed by atoms with van der Waals surface area (Å²) in [5, 5.41) is 0. The fourth-order valence-electron chi connectivity index (χ4n) is 1.19. The van der Waals surface area contributed by atoms with Gasteiger partial charge in [0.15, 0.2) is 0 Å². The Labute approximate surface area is 75.4 Å². The molecule has 0 fully saturated rings. The molecule has 0 aliphatic heterocycles. The van der Waals surface area contributed by atoms with Crippen LogP contribution in [0.3, 0.4) is 0 Å². The Hall–Kier alpha value is -1.71. The van der Waals surface area contributed by atoms with E-state index in [4.69, 9.17) is 14.6 Å². The van der Waals surface area contributed by atoms with Gasteiger partial charge in [-0.25, -0.2) is 0 Å². The summed E-state index contributed by atoms with van der Waals surface area (Å²) in [7, 11) is 0. The average Bonchev–Trinajstić information content (AvgIpc) is 2.63. The molecule has 2 aromatic rings. The van der Waals surface area contributed by atoms with Gasteiger partial charge in [-0.05, 0) is 19.1 Å². The molecule has 2 rings (SSSR count). The number of nitrogens with zero attached hydrogens (tertiary/aromatic N) is 1. The summed E-state index contributed by atoms with van der Waals surface area (Å²) in [6, 6.07) is 3.93. The summed E-state index contributed by atoms with van der Waals surface area (Å²) in [5.41, 5.74) is 6.21. The number of furan rings is 1. The molecule has 4 nitrogen and oxygen atoms in total. The molecular weight excluding hydrogens is 168 g/mol. The van der Waals surface area contributed by atoms with Crippen LogP contribution in [0.15, 0.2) is 27.2 Å². The maximum absolute atomic E-state index is 5.40. The minimum Gasteiger partial charge on any atom is -0.469 e. The molecule has 0 unspecified atom stereocenters. The van der Waals surface area contributed by atoms with Gasteiger partial charge >= 0.3 is 0 Å². The molecule has 13 heavy (non-hydrogen) atoms. The lowest BCUT2D eigenvalue weighted by Gasteiger charge is -1.92. The highest BCUT2D eigenvalue weighted by Gasteiger charge is 2.08. The highest BCUT2D eigenvalue weighted by Crippen LogP contribution is 2.16. The second-order valence-electron chi connectivity index (χ2n) is 2.82. The van der Waals surface area contributed by atoms with E-state index in [2.05, 4.69) is 4.98 Å². The van der Waals surface area contributed by atoms with E-state index < -0.39 is 0 Å². The molecule has 0 bridgehead atoms. The maximum atomic E-state index is 5.40. The molecule has 2 aromatic heterocycles. The van der Waals surface area contributed by atoms with Crippen molar-refractivity contribution in [2.45, 2.75) is 13.3 Å². The van der Waals surface area contributed by atoms with Crippen molar-refractivity contribution < 1.29 is 8.83 Å². The first-order valence-electron chi connectivity index (χ1n) is 4.00. The van der Waals surface area contributed by atoms with E-state index in [9.17, 15) is 0 Å². The van der Waals surface area contributed by atoms with Gasteiger partial charge in [-0.1, -0.05) is 0 Å². The fourth-order valence-corrected chi connectivity index (χ4v) is 1.19. The molecule has 0 radical (unpaired) electrons. The van der Waals surface area contributed by atoms with Gasteiger partial charge in [0.2, 0.25) is 0 Å². The number of nitrogen functional groups attached to an aromatic ring is 1. The van der Waals surface area contributed by atoms with Gasteiger partial charge < -0.3 is 14.6 Å². The Morgan fingerprint density at radius 3 is 2.92 bits per heavy atom. The lowest BCUT2D eigenvalue weighted by atomic mass is 10.2. The van der Waals surface area contributed by atoms with Crippen LogP contribution in [0.5, 0.6) is 0 Å². The molecule has 0 aliphatic carbocycles. The third-order valence-corrected chi connectivity index (χ3v) is 1.82. The minimum atomic E-state index is 0.207. The molecule has 2 heterocycles. The smallest absolute Gasteiger partial charge is 0.292 e. The van der Waals surface area contributed by atoms with Crippen molar-refractivity contribution in [3.8, 4) is 0 Å². The predicted molar refractivity (Wildman–Crippen MR) is 47.2 cm³/mol. The van der Waals surface area contributed by atoms with E-state index in [0.717, 1.165) is 17.2 Å². The molecule has 68 valence electrons.